The summed E-state index contributed by atoms with van der Waals surface area (Å²) in [4.78, 5) is 0. The van der Waals surface area contributed by atoms with Gasteiger partial charge in [-0.15, -0.1) is 0 Å². The monoisotopic (exact) mass is 369 g/mol. The highest BCUT2D eigenvalue weighted by atomic mass is 28.3. The van der Waals surface area contributed by atoms with E-state index < -0.39 is 8.07 Å². The van der Waals surface area contributed by atoms with Crippen molar-refractivity contribution in [2.45, 2.75) is 50.9 Å². The Labute approximate surface area is 158 Å². The van der Waals surface area contributed by atoms with E-state index in [1.807, 2.05) is 6.07 Å². The van der Waals surface area contributed by atoms with Crippen LogP contribution < -0.4 is 25.2 Å². The van der Waals surface area contributed by atoms with E-state index in [-0.39, 0.29) is 0 Å². The van der Waals surface area contributed by atoms with E-state index in [0.717, 1.165) is 11.5 Å². The quantitative estimate of drug-likeness (QED) is 0.792. The second-order valence-corrected chi connectivity index (χ2v) is 11.8. The average Bonchev–Trinajstić information content (AvgIpc) is 2.68. The fourth-order valence-electron chi connectivity index (χ4n) is 4.51. The molecular weight excluding hydrogens is 338 g/mol. The molecule has 140 valence electrons. The van der Waals surface area contributed by atoms with Crippen molar-refractivity contribution in [2.24, 2.45) is 0 Å². The molecule has 26 heavy (non-hydrogen) atoms. The van der Waals surface area contributed by atoms with Crippen LogP contribution in [0, 0.1) is 0 Å². The van der Waals surface area contributed by atoms with Gasteiger partial charge in [0.1, 0.15) is 19.6 Å². The van der Waals surface area contributed by atoms with Crippen LogP contribution in [0.15, 0.2) is 48.5 Å². The summed E-state index contributed by atoms with van der Waals surface area (Å²) >= 11 is 0. The second kappa shape index (κ2) is 8.27. The Balaban J connectivity index is 2.07. The molecule has 1 aliphatic heterocycles. The Hall–Kier alpha value is -1.78. The van der Waals surface area contributed by atoms with Gasteiger partial charge in [-0.1, -0.05) is 55.4 Å². The SMILES string of the molecule is COc1cccc(OC)c1[Si]1(c2ccccc2)CCC(NC(C)C)CC1. The van der Waals surface area contributed by atoms with Crippen LogP contribution in [0.25, 0.3) is 0 Å². The van der Waals surface area contributed by atoms with Gasteiger partial charge in [-0.3, -0.25) is 0 Å². The van der Waals surface area contributed by atoms with Gasteiger partial charge in [-0.05, 0) is 37.1 Å². The van der Waals surface area contributed by atoms with Gasteiger partial charge in [0.25, 0.3) is 0 Å². The molecule has 1 saturated heterocycles. The topological polar surface area (TPSA) is 30.5 Å². The summed E-state index contributed by atoms with van der Waals surface area (Å²) in [7, 11) is 1.60. The van der Waals surface area contributed by atoms with Gasteiger partial charge >= 0.3 is 0 Å². The average molecular weight is 370 g/mol. The van der Waals surface area contributed by atoms with Crippen LogP contribution >= 0.6 is 0 Å². The number of rotatable bonds is 6. The largest absolute Gasteiger partial charge is 0.497 e. The standard InChI is InChI=1S/C22H31NO2Si/c1-17(2)23-18-13-15-26(16-14-18,19-9-6-5-7-10-19)22-20(24-3)11-8-12-21(22)25-4/h5-12,17-18,23H,13-16H2,1-4H3. The highest BCUT2D eigenvalue weighted by Gasteiger charge is 2.44. The maximum Gasteiger partial charge on any atom is 0.127 e. The van der Waals surface area contributed by atoms with E-state index in [4.69, 9.17) is 9.47 Å². The van der Waals surface area contributed by atoms with Crippen LogP contribution in [0.4, 0.5) is 0 Å². The number of nitrogens with one attached hydrogen (secondary N) is 1. The van der Waals surface area contributed by atoms with Crippen molar-refractivity contribution < 1.29 is 9.47 Å². The molecular formula is C22H31NO2Si. The summed E-state index contributed by atoms with van der Waals surface area (Å²) in [6.07, 6.45) is 2.42. The van der Waals surface area contributed by atoms with E-state index in [0.29, 0.717) is 12.1 Å². The third kappa shape index (κ3) is 3.67. The molecule has 1 fully saturated rings. The summed E-state index contributed by atoms with van der Waals surface area (Å²) in [5.74, 6) is 1.96. The molecule has 3 nitrogen and oxygen atoms in total. The smallest absolute Gasteiger partial charge is 0.127 e. The second-order valence-electron chi connectivity index (χ2n) is 7.58. The predicted molar refractivity (Wildman–Crippen MR) is 112 cm³/mol. The summed E-state index contributed by atoms with van der Waals surface area (Å²) in [6.45, 7) is 4.47. The molecule has 0 bridgehead atoms. The van der Waals surface area contributed by atoms with Crippen molar-refractivity contribution in [2.75, 3.05) is 14.2 Å². The first-order chi connectivity index (χ1) is 12.6. The normalized spacial score (nSPS) is 23.0. The zero-order chi connectivity index (χ0) is 18.6. The van der Waals surface area contributed by atoms with Gasteiger partial charge in [-0.2, -0.15) is 0 Å². The summed E-state index contributed by atoms with van der Waals surface area (Å²) < 4.78 is 11.6. The Morgan fingerprint density at radius 2 is 1.46 bits per heavy atom. The molecule has 2 aromatic carbocycles. The highest BCUT2D eigenvalue weighted by Crippen LogP contribution is 2.34. The van der Waals surface area contributed by atoms with Crippen molar-refractivity contribution >= 4 is 18.4 Å². The number of benzene rings is 2. The molecule has 0 aliphatic carbocycles. The Morgan fingerprint density at radius 1 is 0.885 bits per heavy atom. The molecule has 1 aliphatic rings. The number of ether oxygens (including phenoxy) is 2. The maximum atomic E-state index is 5.82. The van der Waals surface area contributed by atoms with Crippen molar-refractivity contribution in [3.8, 4) is 11.5 Å². The van der Waals surface area contributed by atoms with E-state index in [1.54, 1.807) is 14.2 Å². The van der Waals surface area contributed by atoms with Gasteiger partial charge in [0, 0.05) is 17.3 Å². The first-order valence-corrected chi connectivity index (χ1v) is 12.0. The van der Waals surface area contributed by atoms with Crippen LogP contribution in [0.2, 0.25) is 12.1 Å². The van der Waals surface area contributed by atoms with Crippen molar-refractivity contribution in [1.82, 2.24) is 5.32 Å². The lowest BCUT2D eigenvalue weighted by molar-refractivity contribution is 0.398. The molecule has 1 N–H and O–H groups in total. The third-order valence-electron chi connectivity index (χ3n) is 5.64. The molecule has 2 aromatic rings. The Morgan fingerprint density at radius 3 is 1.96 bits per heavy atom. The minimum absolute atomic E-state index is 0.534. The first kappa shape index (κ1) is 19.0. The van der Waals surface area contributed by atoms with Gasteiger partial charge in [0.05, 0.1) is 14.2 Å². The lowest BCUT2D eigenvalue weighted by Gasteiger charge is -2.41. The van der Waals surface area contributed by atoms with Crippen LogP contribution in [0.3, 0.4) is 0 Å². The van der Waals surface area contributed by atoms with Crippen molar-refractivity contribution in [3.05, 3.63) is 48.5 Å². The fraction of sp³-hybridized carbons (Fsp3) is 0.455. The molecule has 4 heteroatoms. The molecule has 3 rings (SSSR count). The van der Waals surface area contributed by atoms with Gasteiger partial charge in [-0.25, -0.2) is 0 Å². The summed E-state index contributed by atoms with van der Waals surface area (Å²) in [5.41, 5.74) is 0. The van der Waals surface area contributed by atoms with Crippen molar-refractivity contribution in [3.63, 3.8) is 0 Å². The van der Waals surface area contributed by atoms with E-state index in [1.165, 1.54) is 35.3 Å². The van der Waals surface area contributed by atoms with Crippen LogP contribution in [-0.2, 0) is 0 Å². The summed E-state index contributed by atoms with van der Waals surface area (Å²) in [5, 5.41) is 6.56. The van der Waals surface area contributed by atoms with E-state index in [9.17, 15) is 0 Å². The van der Waals surface area contributed by atoms with E-state index in [2.05, 4.69) is 61.6 Å². The minimum atomic E-state index is -1.95. The first-order valence-electron chi connectivity index (χ1n) is 9.64. The fourth-order valence-corrected chi connectivity index (χ4v) is 9.95. The van der Waals surface area contributed by atoms with Crippen molar-refractivity contribution in [1.29, 1.82) is 0 Å². The molecule has 0 spiro atoms. The molecule has 0 saturated carbocycles. The number of hydrogen-bond acceptors (Lipinski definition) is 3. The molecule has 0 atom stereocenters. The third-order valence-corrected chi connectivity index (χ3v) is 10.8. The number of hydrogen-bond donors (Lipinski definition) is 1. The molecule has 0 aromatic heterocycles. The Bertz CT molecular complexity index is 687. The molecule has 0 amide bonds. The van der Waals surface area contributed by atoms with Crippen LogP contribution in [0.5, 0.6) is 11.5 Å². The van der Waals surface area contributed by atoms with Gasteiger partial charge in [0.15, 0.2) is 0 Å². The predicted octanol–water partition coefficient (Wildman–Crippen LogP) is 3.43. The maximum absolute atomic E-state index is 5.82. The van der Waals surface area contributed by atoms with Gasteiger partial charge in [0.2, 0.25) is 0 Å². The van der Waals surface area contributed by atoms with Crippen LogP contribution in [-0.4, -0.2) is 34.4 Å². The number of methoxy groups -OCH3 is 2. The summed E-state index contributed by atoms with van der Waals surface area (Å²) in [6, 6.07) is 20.9. The molecule has 1 heterocycles. The van der Waals surface area contributed by atoms with Crippen LogP contribution in [0.1, 0.15) is 26.7 Å². The molecule has 0 unspecified atom stereocenters. The minimum Gasteiger partial charge on any atom is -0.497 e. The zero-order valence-corrected chi connectivity index (χ0v) is 17.4. The molecule has 0 radical (unpaired) electrons. The van der Waals surface area contributed by atoms with Gasteiger partial charge < -0.3 is 14.8 Å². The zero-order valence-electron chi connectivity index (χ0n) is 16.4. The lowest BCUT2D eigenvalue weighted by atomic mass is 10.1. The lowest BCUT2D eigenvalue weighted by Crippen LogP contribution is -2.61. The Kier molecular flexibility index (Phi) is 6.04. The highest BCUT2D eigenvalue weighted by molar-refractivity contribution is 7.03. The van der Waals surface area contributed by atoms with E-state index >= 15 is 0 Å².